The van der Waals surface area contributed by atoms with Crippen molar-refractivity contribution in [2.75, 3.05) is 32.7 Å². The molecule has 4 nitrogen and oxygen atoms in total. The highest BCUT2D eigenvalue weighted by Crippen LogP contribution is 2.24. The minimum atomic E-state index is -4.22. The van der Waals surface area contributed by atoms with Gasteiger partial charge in [-0.15, -0.1) is 0 Å². The van der Waals surface area contributed by atoms with Crippen LogP contribution < -0.4 is 0 Å². The van der Waals surface area contributed by atoms with Crippen LogP contribution in [0.4, 0.5) is 13.2 Å². The van der Waals surface area contributed by atoms with Crippen LogP contribution in [-0.4, -0.2) is 65.8 Å². The summed E-state index contributed by atoms with van der Waals surface area (Å²) < 4.78 is 37.2. The van der Waals surface area contributed by atoms with Crippen molar-refractivity contribution in [3.63, 3.8) is 0 Å². The molecule has 0 spiro atoms. The van der Waals surface area contributed by atoms with Crippen molar-refractivity contribution < 1.29 is 23.1 Å². The van der Waals surface area contributed by atoms with Crippen LogP contribution in [0.5, 0.6) is 0 Å². The lowest BCUT2D eigenvalue weighted by atomic mass is 9.95. The number of rotatable bonds is 2. The van der Waals surface area contributed by atoms with Crippen molar-refractivity contribution in [1.82, 2.24) is 9.80 Å². The van der Waals surface area contributed by atoms with Crippen LogP contribution in [0, 0.1) is 5.92 Å². The number of hydrogen-bond donors (Lipinski definition) is 1. The molecular weight excluding hydrogens is 273 g/mol. The molecule has 2 aliphatic heterocycles. The fourth-order valence-electron chi connectivity index (χ4n) is 3.07. The van der Waals surface area contributed by atoms with Crippen LogP contribution in [0.25, 0.3) is 0 Å². The monoisotopic (exact) mass is 294 g/mol. The third-order valence-electron chi connectivity index (χ3n) is 3.97. The zero-order valence-electron chi connectivity index (χ0n) is 11.4. The van der Waals surface area contributed by atoms with E-state index in [9.17, 15) is 23.1 Å². The van der Waals surface area contributed by atoms with Gasteiger partial charge in [0.1, 0.15) is 0 Å². The van der Waals surface area contributed by atoms with Crippen LogP contribution in [0.15, 0.2) is 0 Å². The third-order valence-corrected chi connectivity index (χ3v) is 3.97. The standard InChI is InChI=1S/C13H21F3N2O2/c14-13(15,16)9-17-5-1-3-10(7-17)12(20)18-6-2-4-11(19)8-18/h10-11,19H,1-9H2. The summed E-state index contributed by atoms with van der Waals surface area (Å²) in [7, 11) is 0. The van der Waals surface area contributed by atoms with Gasteiger partial charge in [-0.25, -0.2) is 0 Å². The SMILES string of the molecule is O=C(C1CCCN(CC(F)(F)F)C1)N1CCCC(O)C1. The van der Waals surface area contributed by atoms with E-state index < -0.39 is 18.8 Å². The Morgan fingerprint density at radius 1 is 1.15 bits per heavy atom. The molecule has 0 radical (unpaired) electrons. The summed E-state index contributed by atoms with van der Waals surface area (Å²) >= 11 is 0. The van der Waals surface area contributed by atoms with E-state index in [0.717, 1.165) is 6.42 Å². The number of piperidine rings is 2. The molecule has 2 atom stereocenters. The molecule has 1 amide bonds. The number of amides is 1. The van der Waals surface area contributed by atoms with Gasteiger partial charge >= 0.3 is 6.18 Å². The maximum absolute atomic E-state index is 12.4. The van der Waals surface area contributed by atoms with Crippen LogP contribution in [0.2, 0.25) is 0 Å². The summed E-state index contributed by atoms with van der Waals surface area (Å²) in [4.78, 5) is 15.2. The van der Waals surface area contributed by atoms with E-state index in [0.29, 0.717) is 38.9 Å². The van der Waals surface area contributed by atoms with Gasteiger partial charge in [0, 0.05) is 19.6 Å². The fourth-order valence-corrected chi connectivity index (χ4v) is 3.07. The third kappa shape index (κ3) is 4.34. The lowest BCUT2D eigenvalue weighted by Crippen LogP contribution is -2.50. The summed E-state index contributed by atoms with van der Waals surface area (Å²) in [5.74, 6) is -0.466. The molecule has 1 N–H and O–H groups in total. The quantitative estimate of drug-likeness (QED) is 0.833. The van der Waals surface area contributed by atoms with Gasteiger partial charge in [-0.05, 0) is 32.2 Å². The minimum Gasteiger partial charge on any atom is -0.391 e. The summed E-state index contributed by atoms with van der Waals surface area (Å²) in [5.41, 5.74) is 0. The number of aliphatic hydroxyl groups excluding tert-OH is 1. The summed E-state index contributed by atoms with van der Waals surface area (Å²) in [6, 6.07) is 0. The Balaban J connectivity index is 1.89. The Labute approximate surface area is 116 Å². The molecule has 116 valence electrons. The average Bonchev–Trinajstić information content (AvgIpc) is 2.36. The normalized spacial score (nSPS) is 29.5. The second-order valence-electron chi connectivity index (χ2n) is 5.77. The number of carbonyl (C=O) groups excluding carboxylic acids is 1. The lowest BCUT2D eigenvalue weighted by molar-refractivity contribution is -0.155. The first-order valence-corrected chi connectivity index (χ1v) is 7.11. The Hall–Kier alpha value is -0.820. The van der Waals surface area contributed by atoms with E-state index in [4.69, 9.17) is 0 Å². The second kappa shape index (κ2) is 6.30. The Morgan fingerprint density at radius 3 is 2.50 bits per heavy atom. The molecular formula is C13H21F3N2O2. The zero-order valence-corrected chi connectivity index (χ0v) is 11.4. The molecule has 0 aromatic rings. The number of alkyl halides is 3. The largest absolute Gasteiger partial charge is 0.401 e. The fraction of sp³-hybridized carbons (Fsp3) is 0.923. The van der Waals surface area contributed by atoms with Gasteiger partial charge in [0.25, 0.3) is 0 Å². The van der Waals surface area contributed by atoms with Crippen LogP contribution in [0.1, 0.15) is 25.7 Å². The zero-order chi connectivity index (χ0) is 14.8. The van der Waals surface area contributed by atoms with E-state index in [-0.39, 0.29) is 18.4 Å². The number of nitrogens with zero attached hydrogens (tertiary/aromatic N) is 2. The molecule has 0 aliphatic carbocycles. The number of hydrogen-bond acceptors (Lipinski definition) is 3. The first-order chi connectivity index (χ1) is 9.35. The molecule has 0 aromatic heterocycles. The molecule has 2 saturated heterocycles. The first-order valence-electron chi connectivity index (χ1n) is 7.11. The summed E-state index contributed by atoms with van der Waals surface area (Å²) in [5, 5.41) is 9.58. The van der Waals surface area contributed by atoms with Crippen molar-refractivity contribution in [1.29, 1.82) is 0 Å². The van der Waals surface area contributed by atoms with E-state index in [2.05, 4.69) is 0 Å². The van der Waals surface area contributed by atoms with Gasteiger partial charge in [-0.1, -0.05) is 0 Å². The predicted molar refractivity (Wildman–Crippen MR) is 67.0 cm³/mol. The average molecular weight is 294 g/mol. The van der Waals surface area contributed by atoms with Gasteiger partial charge in [0.05, 0.1) is 18.6 Å². The van der Waals surface area contributed by atoms with Crippen molar-refractivity contribution in [3.8, 4) is 0 Å². The molecule has 2 aliphatic rings. The Kier molecular flexibility index (Phi) is 4.90. The van der Waals surface area contributed by atoms with E-state index >= 15 is 0 Å². The number of halogens is 3. The number of aliphatic hydroxyl groups is 1. The van der Waals surface area contributed by atoms with Crippen molar-refractivity contribution >= 4 is 5.91 Å². The van der Waals surface area contributed by atoms with Crippen LogP contribution in [0.3, 0.4) is 0 Å². The molecule has 0 aromatic carbocycles. The second-order valence-corrected chi connectivity index (χ2v) is 5.77. The van der Waals surface area contributed by atoms with Crippen molar-refractivity contribution in [2.45, 2.75) is 38.0 Å². The van der Waals surface area contributed by atoms with E-state index in [1.807, 2.05) is 0 Å². The predicted octanol–water partition coefficient (Wildman–Crippen LogP) is 1.24. The van der Waals surface area contributed by atoms with E-state index in [1.165, 1.54) is 4.90 Å². The highest BCUT2D eigenvalue weighted by Gasteiger charge is 2.36. The Morgan fingerprint density at radius 2 is 1.85 bits per heavy atom. The molecule has 7 heteroatoms. The van der Waals surface area contributed by atoms with Gasteiger partial charge < -0.3 is 10.0 Å². The molecule has 20 heavy (non-hydrogen) atoms. The highest BCUT2D eigenvalue weighted by molar-refractivity contribution is 5.79. The summed E-state index contributed by atoms with van der Waals surface area (Å²) in [6.07, 6.45) is -2.02. The maximum Gasteiger partial charge on any atom is 0.401 e. The molecule has 2 fully saturated rings. The van der Waals surface area contributed by atoms with Gasteiger partial charge in [-0.2, -0.15) is 13.2 Å². The molecule has 0 saturated carbocycles. The number of carbonyl (C=O) groups is 1. The van der Waals surface area contributed by atoms with Gasteiger partial charge in [-0.3, -0.25) is 9.69 Å². The Bertz CT molecular complexity index is 349. The lowest BCUT2D eigenvalue weighted by Gasteiger charge is -2.37. The van der Waals surface area contributed by atoms with Crippen LogP contribution >= 0.6 is 0 Å². The van der Waals surface area contributed by atoms with Gasteiger partial charge in [0.15, 0.2) is 0 Å². The van der Waals surface area contributed by atoms with Crippen molar-refractivity contribution in [3.05, 3.63) is 0 Å². The molecule has 2 unspecified atom stereocenters. The minimum absolute atomic E-state index is 0.101. The molecule has 0 bridgehead atoms. The maximum atomic E-state index is 12.4. The van der Waals surface area contributed by atoms with E-state index in [1.54, 1.807) is 4.90 Å². The highest BCUT2D eigenvalue weighted by atomic mass is 19.4. The van der Waals surface area contributed by atoms with Crippen molar-refractivity contribution in [2.24, 2.45) is 5.92 Å². The van der Waals surface area contributed by atoms with Gasteiger partial charge in [0.2, 0.25) is 5.91 Å². The molecule has 2 heterocycles. The first kappa shape index (κ1) is 15.6. The summed E-state index contributed by atoms with van der Waals surface area (Å²) in [6.45, 7) is 0.538. The van der Waals surface area contributed by atoms with Crippen LogP contribution in [-0.2, 0) is 4.79 Å². The smallest absolute Gasteiger partial charge is 0.391 e. The molecule has 2 rings (SSSR count). The topological polar surface area (TPSA) is 43.8 Å². The number of likely N-dealkylation sites (tertiary alicyclic amines) is 2. The number of β-amino-alcohol motifs (C(OH)–C–C–N with tert-alkyl or cyclic N) is 1.